The molecule has 0 saturated carbocycles. The van der Waals surface area contributed by atoms with Crippen LogP contribution >= 0.6 is 0 Å². The second-order valence-corrected chi connectivity index (χ2v) is 5.81. The van der Waals surface area contributed by atoms with Crippen LogP contribution < -0.4 is 0 Å². The van der Waals surface area contributed by atoms with E-state index in [-0.39, 0.29) is 5.60 Å². The molecule has 16 heavy (non-hydrogen) atoms. The van der Waals surface area contributed by atoms with E-state index in [1.807, 2.05) is 0 Å². The van der Waals surface area contributed by atoms with Crippen molar-refractivity contribution in [3.8, 4) is 0 Å². The van der Waals surface area contributed by atoms with Gasteiger partial charge >= 0.3 is 0 Å². The maximum Gasteiger partial charge on any atom is 0.146 e. The number of hydrogen-bond donors (Lipinski definition) is 0. The fraction of sp³-hybridized carbons (Fsp3) is 1.00. The van der Waals surface area contributed by atoms with Crippen LogP contribution in [0.4, 0.5) is 0 Å². The summed E-state index contributed by atoms with van der Waals surface area (Å²) in [6, 6.07) is 0.364. The molecule has 93 valence electrons. The minimum atomic E-state index is 0.138. The standard InChI is InChI=1S/C14H28BO/c1-7-12-11(5)13(15-6)16-14(12,8-2)9-10(3)4/h10-13H,7-9H2,1-6H3. The minimum Gasteiger partial charge on any atom is -0.380 e. The van der Waals surface area contributed by atoms with E-state index in [1.54, 1.807) is 0 Å². The van der Waals surface area contributed by atoms with Crippen molar-refractivity contribution in [2.24, 2.45) is 17.8 Å². The molecule has 1 heterocycles. The lowest BCUT2D eigenvalue weighted by Gasteiger charge is -2.36. The van der Waals surface area contributed by atoms with Gasteiger partial charge in [-0.2, -0.15) is 0 Å². The molecule has 1 saturated heterocycles. The van der Waals surface area contributed by atoms with Crippen molar-refractivity contribution in [2.45, 2.75) is 72.3 Å². The molecular weight excluding hydrogens is 195 g/mol. The third kappa shape index (κ3) is 2.47. The molecule has 4 atom stereocenters. The highest BCUT2D eigenvalue weighted by molar-refractivity contribution is 6.35. The van der Waals surface area contributed by atoms with E-state index < -0.39 is 0 Å². The molecule has 0 amide bonds. The van der Waals surface area contributed by atoms with Crippen molar-refractivity contribution in [1.29, 1.82) is 0 Å². The van der Waals surface area contributed by atoms with Gasteiger partial charge < -0.3 is 4.74 Å². The summed E-state index contributed by atoms with van der Waals surface area (Å²) >= 11 is 0. The largest absolute Gasteiger partial charge is 0.380 e. The van der Waals surface area contributed by atoms with Gasteiger partial charge in [-0.25, -0.2) is 0 Å². The maximum absolute atomic E-state index is 6.42. The second kappa shape index (κ2) is 5.57. The summed E-state index contributed by atoms with van der Waals surface area (Å²) in [5, 5.41) is 0. The van der Waals surface area contributed by atoms with Gasteiger partial charge in [0.1, 0.15) is 7.28 Å². The fourth-order valence-corrected chi connectivity index (χ4v) is 3.67. The van der Waals surface area contributed by atoms with Gasteiger partial charge in [-0.3, -0.25) is 0 Å². The van der Waals surface area contributed by atoms with E-state index in [1.165, 1.54) is 12.8 Å². The maximum atomic E-state index is 6.42. The zero-order chi connectivity index (χ0) is 12.3. The quantitative estimate of drug-likeness (QED) is 0.641. The van der Waals surface area contributed by atoms with Crippen LogP contribution in [0.2, 0.25) is 6.82 Å². The van der Waals surface area contributed by atoms with Gasteiger partial charge in [-0.15, -0.1) is 0 Å². The summed E-state index contributed by atoms with van der Waals surface area (Å²) in [6.45, 7) is 13.7. The molecule has 1 rings (SSSR count). The second-order valence-electron chi connectivity index (χ2n) is 5.81. The molecule has 0 N–H and O–H groups in total. The Balaban J connectivity index is 2.89. The Morgan fingerprint density at radius 1 is 1.31 bits per heavy atom. The van der Waals surface area contributed by atoms with Crippen LogP contribution in [0.15, 0.2) is 0 Å². The van der Waals surface area contributed by atoms with Crippen LogP contribution in [0, 0.1) is 17.8 Å². The zero-order valence-corrected chi connectivity index (χ0v) is 11.9. The van der Waals surface area contributed by atoms with Crippen LogP contribution in [-0.4, -0.2) is 18.9 Å². The lowest BCUT2D eigenvalue weighted by atomic mass is 9.65. The molecule has 0 aliphatic carbocycles. The van der Waals surface area contributed by atoms with E-state index in [9.17, 15) is 0 Å². The number of ether oxygens (including phenoxy) is 1. The fourth-order valence-electron chi connectivity index (χ4n) is 3.67. The Kier molecular flexibility index (Phi) is 4.91. The van der Waals surface area contributed by atoms with E-state index in [2.05, 4.69) is 48.7 Å². The summed E-state index contributed by atoms with van der Waals surface area (Å²) in [4.78, 5) is 0. The number of hydrogen-bond acceptors (Lipinski definition) is 1. The molecule has 1 aliphatic rings. The summed E-state index contributed by atoms with van der Waals surface area (Å²) in [5.74, 6) is 2.12. The molecule has 1 radical (unpaired) electrons. The van der Waals surface area contributed by atoms with Crippen molar-refractivity contribution >= 4 is 7.28 Å². The Labute approximate surface area is 103 Å². The van der Waals surface area contributed by atoms with E-state index in [4.69, 9.17) is 4.74 Å². The monoisotopic (exact) mass is 223 g/mol. The molecule has 0 spiro atoms. The van der Waals surface area contributed by atoms with Crippen LogP contribution in [0.3, 0.4) is 0 Å². The average Bonchev–Trinajstić information content (AvgIpc) is 2.50. The van der Waals surface area contributed by atoms with Gasteiger partial charge in [0, 0.05) is 6.00 Å². The van der Waals surface area contributed by atoms with Crippen LogP contribution in [0.25, 0.3) is 0 Å². The van der Waals surface area contributed by atoms with Crippen LogP contribution in [0.5, 0.6) is 0 Å². The molecule has 1 nitrogen and oxygen atoms in total. The van der Waals surface area contributed by atoms with Crippen molar-refractivity contribution in [3.05, 3.63) is 0 Å². The summed E-state index contributed by atoms with van der Waals surface area (Å²) in [5.41, 5.74) is 0.138. The molecule has 2 heteroatoms. The Morgan fingerprint density at radius 2 is 1.94 bits per heavy atom. The molecule has 0 bridgehead atoms. The van der Waals surface area contributed by atoms with Crippen LogP contribution in [0.1, 0.15) is 53.9 Å². The third-order valence-corrected chi connectivity index (χ3v) is 4.32. The van der Waals surface area contributed by atoms with Gasteiger partial charge in [-0.1, -0.05) is 47.9 Å². The SMILES string of the molecule is C[B]C1OC(CC)(CC(C)C)C(CC)C1C. The van der Waals surface area contributed by atoms with Gasteiger partial charge in [0.15, 0.2) is 0 Å². The summed E-state index contributed by atoms with van der Waals surface area (Å²) < 4.78 is 6.42. The van der Waals surface area contributed by atoms with E-state index in [0.29, 0.717) is 11.9 Å². The highest BCUT2D eigenvalue weighted by atomic mass is 16.5. The van der Waals surface area contributed by atoms with Crippen molar-refractivity contribution in [1.82, 2.24) is 0 Å². The summed E-state index contributed by atoms with van der Waals surface area (Å²) in [6.07, 6.45) is 3.60. The lowest BCUT2D eigenvalue weighted by Crippen LogP contribution is -2.37. The predicted octanol–water partition coefficient (Wildman–Crippen LogP) is 3.95. The molecule has 1 fully saturated rings. The highest BCUT2D eigenvalue weighted by Gasteiger charge is 2.49. The van der Waals surface area contributed by atoms with Crippen molar-refractivity contribution < 1.29 is 4.74 Å². The average molecular weight is 223 g/mol. The first-order valence-electron chi connectivity index (χ1n) is 6.98. The molecule has 4 unspecified atom stereocenters. The van der Waals surface area contributed by atoms with Crippen LogP contribution in [-0.2, 0) is 4.74 Å². The first-order valence-corrected chi connectivity index (χ1v) is 6.98. The molecule has 0 aromatic heterocycles. The molecule has 0 aromatic carbocycles. The first kappa shape index (κ1) is 14.1. The first-order chi connectivity index (χ1) is 7.50. The third-order valence-electron chi connectivity index (χ3n) is 4.32. The van der Waals surface area contributed by atoms with Gasteiger partial charge in [0.25, 0.3) is 0 Å². The molecule has 0 aromatic rings. The van der Waals surface area contributed by atoms with Gasteiger partial charge in [0.05, 0.1) is 5.60 Å². The molecule has 1 aliphatic heterocycles. The van der Waals surface area contributed by atoms with E-state index >= 15 is 0 Å². The summed E-state index contributed by atoms with van der Waals surface area (Å²) in [7, 11) is 2.24. The smallest absolute Gasteiger partial charge is 0.146 e. The zero-order valence-electron chi connectivity index (χ0n) is 11.9. The number of rotatable bonds is 5. The molecular formula is C14H28BO. The lowest BCUT2D eigenvalue weighted by molar-refractivity contribution is -0.0536. The Hall–Kier alpha value is 0.0249. The normalized spacial score (nSPS) is 39.3. The predicted molar refractivity (Wildman–Crippen MR) is 71.9 cm³/mol. The Bertz CT molecular complexity index is 217. The topological polar surface area (TPSA) is 9.23 Å². The highest BCUT2D eigenvalue weighted by Crippen LogP contribution is 2.47. The van der Waals surface area contributed by atoms with Crippen molar-refractivity contribution in [3.63, 3.8) is 0 Å². The minimum absolute atomic E-state index is 0.138. The Morgan fingerprint density at radius 3 is 2.31 bits per heavy atom. The van der Waals surface area contributed by atoms with E-state index in [0.717, 1.165) is 18.3 Å². The van der Waals surface area contributed by atoms with Gasteiger partial charge in [-0.05, 0) is 30.6 Å². The van der Waals surface area contributed by atoms with Crippen molar-refractivity contribution in [2.75, 3.05) is 0 Å². The van der Waals surface area contributed by atoms with Gasteiger partial charge in [0.2, 0.25) is 0 Å².